The lowest BCUT2D eigenvalue weighted by molar-refractivity contribution is 0.103. The molecule has 1 atom stereocenters. The minimum atomic E-state index is 0.570. The van der Waals surface area contributed by atoms with Crippen molar-refractivity contribution in [2.75, 3.05) is 13.2 Å². The normalized spacial score (nSPS) is 20.7. The van der Waals surface area contributed by atoms with Gasteiger partial charge in [-0.15, -0.1) is 0 Å². The third-order valence-electron chi connectivity index (χ3n) is 2.66. The molecular weight excluding hydrogens is 254 g/mol. The molecule has 1 aromatic rings. The first-order valence-corrected chi connectivity index (χ1v) is 6.19. The molecule has 0 bridgehead atoms. The summed E-state index contributed by atoms with van der Waals surface area (Å²) in [6, 6.07) is 8.85. The Labute approximate surface area is 99.1 Å². The summed E-state index contributed by atoms with van der Waals surface area (Å²) in [6.45, 7) is 2.69. The van der Waals surface area contributed by atoms with Crippen LogP contribution >= 0.6 is 15.9 Å². The van der Waals surface area contributed by atoms with Gasteiger partial charge < -0.3 is 10.1 Å². The van der Waals surface area contributed by atoms with Crippen LogP contribution in [0.5, 0.6) is 0 Å². The van der Waals surface area contributed by atoms with Gasteiger partial charge in [0.1, 0.15) is 0 Å². The van der Waals surface area contributed by atoms with Gasteiger partial charge >= 0.3 is 0 Å². The van der Waals surface area contributed by atoms with Crippen molar-refractivity contribution in [2.24, 2.45) is 0 Å². The van der Waals surface area contributed by atoms with Gasteiger partial charge in [-0.25, -0.2) is 0 Å². The summed E-state index contributed by atoms with van der Waals surface area (Å²) in [7, 11) is 0. The van der Waals surface area contributed by atoms with E-state index in [1.807, 2.05) is 12.1 Å². The Kier molecular flexibility index (Phi) is 4.18. The molecule has 1 aromatic carbocycles. The van der Waals surface area contributed by atoms with Crippen molar-refractivity contribution in [1.82, 2.24) is 5.32 Å². The lowest BCUT2D eigenvalue weighted by atomic mass is 10.2. The van der Waals surface area contributed by atoms with Crippen LogP contribution in [0.3, 0.4) is 0 Å². The topological polar surface area (TPSA) is 21.3 Å². The minimum absolute atomic E-state index is 0.570. The van der Waals surface area contributed by atoms with E-state index in [-0.39, 0.29) is 0 Å². The Bertz CT molecular complexity index is 293. The fraction of sp³-hybridized carbons (Fsp3) is 0.500. The second kappa shape index (κ2) is 5.64. The van der Waals surface area contributed by atoms with E-state index in [0.717, 1.165) is 17.6 Å². The predicted octanol–water partition coefficient (Wildman–Crippen LogP) is 2.72. The highest BCUT2D eigenvalue weighted by molar-refractivity contribution is 9.10. The van der Waals surface area contributed by atoms with E-state index in [0.29, 0.717) is 12.6 Å². The molecule has 0 amide bonds. The highest BCUT2D eigenvalue weighted by atomic mass is 79.9. The van der Waals surface area contributed by atoms with Gasteiger partial charge in [0.25, 0.3) is 0 Å². The summed E-state index contributed by atoms with van der Waals surface area (Å²) < 4.78 is 6.78. The number of rotatable bonds is 4. The SMILES string of the molecule is Brc1ccc(COC[C@H]2CCCN2)cc1. The Morgan fingerprint density at radius 1 is 1.33 bits per heavy atom. The van der Waals surface area contributed by atoms with Crippen LogP contribution in [0.1, 0.15) is 18.4 Å². The fourth-order valence-corrected chi connectivity index (χ4v) is 2.06. The zero-order chi connectivity index (χ0) is 10.5. The molecule has 1 heterocycles. The third-order valence-corrected chi connectivity index (χ3v) is 3.19. The van der Waals surface area contributed by atoms with E-state index in [4.69, 9.17) is 4.74 Å². The maximum Gasteiger partial charge on any atom is 0.0717 e. The first kappa shape index (κ1) is 11.1. The molecule has 0 aliphatic carbocycles. The molecule has 2 rings (SSSR count). The summed E-state index contributed by atoms with van der Waals surface area (Å²) in [4.78, 5) is 0. The van der Waals surface area contributed by atoms with Crippen LogP contribution in [0, 0.1) is 0 Å². The molecule has 0 spiro atoms. The monoisotopic (exact) mass is 269 g/mol. The van der Waals surface area contributed by atoms with E-state index < -0.39 is 0 Å². The van der Waals surface area contributed by atoms with E-state index in [1.54, 1.807) is 0 Å². The zero-order valence-electron chi connectivity index (χ0n) is 8.71. The smallest absolute Gasteiger partial charge is 0.0717 e. The average molecular weight is 270 g/mol. The van der Waals surface area contributed by atoms with Crippen molar-refractivity contribution in [1.29, 1.82) is 0 Å². The van der Waals surface area contributed by atoms with Gasteiger partial charge in [-0.1, -0.05) is 28.1 Å². The first-order valence-electron chi connectivity index (χ1n) is 5.40. The van der Waals surface area contributed by atoms with Gasteiger partial charge in [0, 0.05) is 10.5 Å². The maximum atomic E-state index is 5.67. The molecule has 82 valence electrons. The molecule has 1 N–H and O–H groups in total. The van der Waals surface area contributed by atoms with Crippen LogP contribution in [0.25, 0.3) is 0 Å². The number of hydrogen-bond donors (Lipinski definition) is 1. The van der Waals surface area contributed by atoms with E-state index in [2.05, 4.69) is 33.4 Å². The summed E-state index contributed by atoms with van der Waals surface area (Å²) in [5.41, 5.74) is 1.23. The number of halogens is 1. The highest BCUT2D eigenvalue weighted by Crippen LogP contribution is 2.12. The second-order valence-corrected chi connectivity index (χ2v) is 4.85. The van der Waals surface area contributed by atoms with E-state index >= 15 is 0 Å². The largest absolute Gasteiger partial charge is 0.375 e. The van der Waals surface area contributed by atoms with Gasteiger partial charge in [-0.05, 0) is 37.1 Å². The van der Waals surface area contributed by atoms with Crippen molar-refractivity contribution in [3.05, 3.63) is 34.3 Å². The van der Waals surface area contributed by atoms with Crippen LogP contribution in [-0.2, 0) is 11.3 Å². The quantitative estimate of drug-likeness (QED) is 0.908. The summed E-state index contributed by atoms with van der Waals surface area (Å²) in [5.74, 6) is 0. The number of ether oxygens (including phenoxy) is 1. The van der Waals surface area contributed by atoms with E-state index in [1.165, 1.54) is 18.4 Å². The van der Waals surface area contributed by atoms with Crippen molar-refractivity contribution in [3.8, 4) is 0 Å². The standard InChI is InChI=1S/C12H16BrNO/c13-11-5-3-10(4-6-11)8-15-9-12-2-1-7-14-12/h3-6,12,14H,1-2,7-9H2/t12-/m1/s1. The molecule has 1 fully saturated rings. The summed E-state index contributed by atoms with van der Waals surface area (Å²) >= 11 is 3.42. The van der Waals surface area contributed by atoms with Gasteiger partial charge in [-0.2, -0.15) is 0 Å². The van der Waals surface area contributed by atoms with Crippen molar-refractivity contribution in [2.45, 2.75) is 25.5 Å². The molecule has 1 saturated heterocycles. The number of benzene rings is 1. The van der Waals surface area contributed by atoms with Crippen LogP contribution < -0.4 is 5.32 Å². The predicted molar refractivity (Wildman–Crippen MR) is 64.8 cm³/mol. The molecule has 0 unspecified atom stereocenters. The minimum Gasteiger partial charge on any atom is -0.375 e. The maximum absolute atomic E-state index is 5.67. The van der Waals surface area contributed by atoms with Gasteiger partial charge in [0.15, 0.2) is 0 Å². The van der Waals surface area contributed by atoms with Gasteiger partial charge in [-0.3, -0.25) is 0 Å². The van der Waals surface area contributed by atoms with E-state index in [9.17, 15) is 0 Å². The molecule has 0 aromatic heterocycles. The van der Waals surface area contributed by atoms with Crippen LogP contribution in [0.15, 0.2) is 28.7 Å². The lowest BCUT2D eigenvalue weighted by Gasteiger charge is -2.10. The Hall–Kier alpha value is -0.380. The second-order valence-electron chi connectivity index (χ2n) is 3.93. The fourth-order valence-electron chi connectivity index (χ4n) is 1.80. The van der Waals surface area contributed by atoms with Crippen LogP contribution in [0.4, 0.5) is 0 Å². The molecular formula is C12H16BrNO. The summed E-state index contributed by atoms with van der Waals surface area (Å²) in [5, 5.41) is 3.42. The van der Waals surface area contributed by atoms with Crippen LogP contribution in [-0.4, -0.2) is 19.2 Å². The van der Waals surface area contributed by atoms with Crippen molar-refractivity contribution >= 4 is 15.9 Å². The Morgan fingerprint density at radius 2 is 2.13 bits per heavy atom. The molecule has 1 aliphatic heterocycles. The van der Waals surface area contributed by atoms with Gasteiger partial charge in [0.05, 0.1) is 13.2 Å². The van der Waals surface area contributed by atoms with Crippen LogP contribution in [0.2, 0.25) is 0 Å². The number of hydrogen-bond acceptors (Lipinski definition) is 2. The van der Waals surface area contributed by atoms with Crippen molar-refractivity contribution < 1.29 is 4.74 Å². The van der Waals surface area contributed by atoms with Gasteiger partial charge in [0.2, 0.25) is 0 Å². The lowest BCUT2D eigenvalue weighted by Crippen LogP contribution is -2.26. The Balaban J connectivity index is 1.71. The molecule has 15 heavy (non-hydrogen) atoms. The Morgan fingerprint density at radius 3 is 2.80 bits per heavy atom. The third kappa shape index (κ3) is 3.59. The zero-order valence-corrected chi connectivity index (χ0v) is 10.3. The molecule has 0 radical (unpaired) electrons. The molecule has 0 saturated carbocycles. The summed E-state index contributed by atoms with van der Waals surface area (Å²) in [6.07, 6.45) is 2.53. The highest BCUT2D eigenvalue weighted by Gasteiger charge is 2.13. The first-order chi connectivity index (χ1) is 7.34. The molecule has 2 nitrogen and oxygen atoms in total. The molecule has 3 heteroatoms. The number of nitrogens with one attached hydrogen (secondary N) is 1. The average Bonchev–Trinajstić information content (AvgIpc) is 2.74. The van der Waals surface area contributed by atoms with Crippen molar-refractivity contribution in [3.63, 3.8) is 0 Å². The molecule has 1 aliphatic rings.